The van der Waals surface area contributed by atoms with Crippen LogP contribution in [0.5, 0.6) is 0 Å². The molecule has 19 heteroatoms. The van der Waals surface area contributed by atoms with Crippen molar-refractivity contribution in [2.45, 2.75) is 458 Å². The van der Waals surface area contributed by atoms with Gasteiger partial charge in [0.1, 0.15) is 19.3 Å². The molecule has 0 spiro atoms. The lowest BCUT2D eigenvalue weighted by atomic mass is 9.99. The molecular weight excluding hydrogens is 1340 g/mol. The minimum absolute atomic E-state index is 0.106. The van der Waals surface area contributed by atoms with E-state index in [1.807, 2.05) is 0 Å². The smallest absolute Gasteiger partial charge is 0.462 e. The third kappa shape index (κ3) is 76.6. The fraction of sp³-hybridized carbons (Fsp3) is 0.952. The van der Waals surface area contributed by atoms with E-state index in [9.17, 15) is 43.2 Å². The Morgan fingerprint density at radius 2 is 0.495 bits per heavy atom. The van der Waals surface area contributed by atoms with E-state index in [0.717, 1.165) is 108 Å². The molecule has 17 nitrogen and oxygen atoms in total. The molecule has 0 aliphatic rings. The maximum Gasteiger partial charge on any atom is 0.472 e. The topological polar surface area (TPSA) is 237 Å². The van der Waals surface area contributed by atoms with Gasteiger partial charge in [0.05, 0.1) is 26.4 Å². The van der Waals surface area contributed by atoms with E-state index in [4.69, 9.17) is 37.0 Å². The highest BCUT2D eigenvalue weighted by molar-refractivity contribution is 7.47. The van der Waals surface area contributed by atoms with Crippen LogP contribution in [0.2, 0.25) is 0 Å². The Hall–Kier alpha value is -1.94. The highest BCUT2D eigenvalue weighted by Gasteiger charge is 2.30. The summed E-state index contributed by atoms with van der Waals surface area (Å²) in [5.74, 6) is 0.233. The SMILES string of the molecule is CCCCCCCCCCCCCCCCCCCC(=O)OC[C@H](COP(=O)(O)OC[C@@H](O)COP(=O)(O)OC[C@@H](COC(=O)CCCCCCCCCC(C)C)OC(=O)CCCCCCCCCCCCCC(C)C)OC(=O)CCCCCCCCCCCCCCCCCCCCC(C)CC. The Bertz CT molecular complexity index is 1990. The van der Waals surface area contributed by atoms with Crippen LogP contribution in [0.3, 0.4) is 0 Å². The lowest BCUT2D eigenvalue weighted by molar-refractivity contribution is -0.161. The lowest BCUT2D eigenvalue weighted by Crippen LogP contribution is -2.30. The van der Waals surface area contributed by atoms with E-state index in [1.165, 1.54) is 244 Å². The molecule has 103 heavy (non-hydrogen) atoms. The summed E-state index contributed by atoms with van der Waals surface area (Å²) in [7, 11) is -9.92. The second-order valence-electron chi connectivity index (χ2n) is 31.4. The monoisotopic (exact) mass is 1510 g/mol. The standard InChI is InChI=1S/C84H164O17P2/c1-8-10-11-12-13-14-15-16-17-20-24-27-32-37-44-51-58-65-81(86)94-71-79(100-83(88)67-60-53-45-38-33-28-25-22-19-18-21-23-26-31-36-43-50-57-64-77(7)9-2)73-98-102(90,91)96-69-78(85)70-97-103(92,93)99-74-80(72-95-82(87)66-59-52-47-40-42-49-56-63-76(5)6)101-84(89)68-61-54-46-39-34-29-30-35-41-48-55-62-75(3)4/h75-80,85H,8-74H2,1-7H3,(H,90,91)(H,92,93)/t77?,78-,79-,80-/m1/s1. The van der Waals surface area contributed by atoms with Crippen LogP contribution >= 0.6 is 15.6 Å². The van der Waals surface area contributed by atoms with E-state index in [1.54, 1.807) is 0 Å². The average Bonchev–Trinajstić information content (AvgIpc) is 0.931. The second kappa shape index (κ2) is 74.2. The zero-order valence-corrected chi connectivity index (χ0v) is 69.6. The number of carbonyl (C=O) groups is 4. The Morgan fingerprint density at radius 3 is 0.738 bits per heavy atom. The number of phosphoric ester groups is 2. The first kappa shape index (κ1) is 101. The van der Waals surface area contributed by atoms with Crippen molar-refractivity contribution in [3.05, 3.63) is 0 Å². The molecule has 0 saturated heterocycles. The Labute approximate surface area is 632 Å². The molecule has 0 aliphatic carbocycles. The van der Waals surface area contributed by atoms with Crippen LogP contribution in [0, 0.1) is 17.8 Å². The van der Waals surface area contributed by atoms with Gasteiger partial charge >= 0.3 is 39.5 Å². The zero-order chi connectivity index (χ0) is 75.8. The van der Waals surface area contributed by atoms with Crippen molar-refractivity contribution in [3.63, 3.8) is 0 Å². The number of unbranched alkanes of at least 4 members (excludes halogenated alkanes) is 49. The van der Waals surface area contributed by atoms with Crippen molar-refractivity contribution in [1.29, 1.82) is 0 Å². The van der Waals surface area contributed by atoms with Gasteiger partial charge in [-0.05, 0) is 43.4 Å². The molecule has 0 saturated carbocycles. The summed E-state index contributed by atoms with van der Waals surface area (Å²) >= 11 is 0. The zero-order valence-electron chi connectivity index (χ0n) is 67.8. The van der Waals surface area contributed by atoms with E-state index in [-0.39, 0.29) is 25.7 Å². The van der Waals surface area contributed by atoms with Gasteiger partial charge in [0.2, 0.25) is 0 Å². The minimum Gasteiger partial charge on any atom is -0.462 e. The number of ether oxygens (including phenoxy) is 4. The van der Waals surface area contributed by atoms with Gasteiger partial charge in [-0.3, -0.25) is 37.3 Å². The van der Waals surface area contributed by atoms with E-state index < -0.39 is 97.5 Å². The number of hydrogen-bond acceptors (Lipinski definition) is 15. The molecular formula is C84H164O17P2. The largest absolute Gasteiger partial charge is 0.472 e. The van der Waals surface area contributed by atoms with Gasteiger partial charge in [-0.15, -0.1) is 0 Å². The molecule has 6 atom stereocenters. The van der Waals surface area contributed by atoms with Crippen molar-refractivity contribution in [1.82, 2.24) is 0 Å². The van der Waals surface area contributed by atoms with Crippen molar-refractivity contribution < 1.29 is 80.2 Å². The fourth-order valence-electron chi connectivity index (χ4n) is 13.0. The molecule has 612 valence electrons. The predicted octanol–water partition coefficient (Wildman–Crippen LogP) is 25.3. The van der Waals surface area contributed by atoms with Gasteiger partial charge in [0.25, 0.3) is 0 Å². The van der Waals surface area contributed by atoms with Crippen LogP contribution in [0.4, 0.5) is 0 Å². The van der Waals surface area contributed by atoms with Gasteiger partial charge in [-0.2, -0.15) is 0 Å². The first-order valence-corrected chi connectivity index (χ1v) is 46.4. The quantitative estimate of drug-likeness (QED) is 0.0222. The van der Waals surface area contributed by atoms with Crippen LogP contribution in [0.25, 0.3) is 0 Å². The third-order valence-corrected chi connectivity index (χ3v) is 21.9. The Morgan fingerprint density at radius 1 is 0.282 bits per heavy atom. The highest BCUT2D eigenvalue weighted by Crippen LogP contribution is 2.45. The lowest BCUT2D eigenvalue weighted by Gasteiger charge is -2.21. The number of hydrogen-bond donors (Lipinski definition) is 3. The van der Waals surface area contributed by atoms with Gasteiger partial charge in [-0.1, -0.05) is 389 Å². The Balaban J connectivity index is 5.22. The van der Waals surface area contributed by atoms with Crippen molar-refractivity contribution in [2.75, 3.05) is 39.6 Å². The predicted molar refractivity (Wildman–Crippen MR) is 423 cm³/mol. The number of aliphatic hydroxyl groups excluding tert-OH is 1. The normalized spacial score (nSPS) is 14.2. The van der Waals surface area contributed by atoms with Crippen LogP contribution in [-0.4, -0.2) is 96.7 Å². The molecule has 3 N–H and O–H groups in total. The summed E-state index contributed by atoms with van der Waals surface area (Å²) in [6.45, 7) is 12.0. The van der Waals surface area contributed by atoms with Gasteiger partial charge in [0, 0.05) is 25.7 Å². The van der Waals surface area contributed by atoms with E-state index in [2.05, 4.69) is 48.5 Å². The summed E-state index contributed by atoms with van der Waals surface area (Å²) in [6.07, 6.45) is 63.9. The molecule has 0 heterocycles. The maximum atomic E-state index is 13.1. The van der Waals surface area contributed by atoms with Crippen LogP contribution in [0.1, 0.15) is 440 Å². The van der Waals surface area contributed by atoms with Gasteiger partial charge < -0.3 is 33.8 Å². The molecule has 0 aromatic heterocycles. The van der Waals surface area contributed by atoms with E-state index in [0.29, 0.717) is 31.6 Å². The van der Waals surface area contributed by atoms with Gasteiger partial charge in [0.15, 0.2) is 12.2 Å². The van der Waals surface area contributed by atoms with Crippen molar-refractivity contribution >= 4 is 39.5 Å². The summed E-state index contributed by atoms with van der Waals surface area (Å²) < 4.78 is 68.8. The third-order valence-electron chi connectivity index (χ3n) is 20.0. The number of phosphoric acid groups is 2. The molecule has 0 rings (SSSR count). The van der Waals surface area contributed by atoms with Crippen LogP contribution in [-0.2, 0) is 65.4 Å². The van der Waals surface area contributed by atoms with Crippen molar-refractivity contribution in [2.24, 2.45) is 17.8 Å². The number of rotatable bonds is 82. The molecule has 0 bridgehead atoms. The summed E-state index contributed by atoms with van der Waals surface area (Å²) in [5, 5.41) is 10.7. The first-order valence-electron chi connectivity index (χ1n) is 43.4. The summed E-state index contributed by atoms with van der Waals surface area (Å²) in [6, 6.07) is 0. The van der Waals surface area contributed by atoms with Crippen LogP contribution < -0.4 is 0 Å². The van der Waals surface area contributed by atoms with E-state index >= 15 is 0 Å². The Kier molecular flexibility index (Phi) is 72.8. The molecule has 0 aliphatic heterocycles. The van der Waals surface area contributed by atoms with Crippen molar-refractivity contribution in [3.8, 4) is 0 Å². The molecule has 0 amide bonds. The minimum atomic E-state index is -4.96. The highest BCUT2D eigenvalue weighted by atomic mass is 31.2. The first-order chi connectivity index (χ1) is 49.8. The maximum absolute atomic E-state index is 13.1. The molecule has 3 unspecified atom stereocenters. The number of carbonyl (C=O) groups excluding carboxylic acids is 4. The second-order valence-corrected chi connectivity index (χ2v) is 34.3. The average molecular weight is 1510 g/mol. The molecule has 0 aromatic carbocycles. The molecule has 0 aromatic rings. The molecule has 0 radical (unpaired) electrons. The fourth-order valence-corrected chi connectivity index (χ4v) is 14.6. The summed E-state index contributed by atoms with van der Waals surface area (Å²) in [4.78, 5) is 73.1. The van der Waals surface area contributed by atoms with Crippen LogP contribution in [0.15, 0.2) is 0 Å². The number of aliphatic hydroxyl groups is 1. The number of esters is 4. The van der Waals surface area contributed by atoms with Gasteiger partial charge in [-0.25, -0.2) is 9.13 Å². The molecule has 0 fully saturated rings. The summed E-state index contributed by atoms with van der Waals surface area (Å²) in [5.41, 5.74) is 0.